The van der Waals surface area contributed by atoms with Gasteiger partial charge in [-0.05, 0) is 49.2 Å². The molecular weight excluding hydrogens is 350 g/mol. The number of anilines is 2. The van der Waals surface area contributed by atoms with E-state index in [4.69, 9.17) is 11.6 Å². The summed E-state index contributed by atoms with van der Waals surface area (Å²) in [4.78, 5) is 12.5. The Hall–Kier alpha value is -2.09. The van der Waals surface area contributed by atoms with Crippen LogP contribution in [0.5, 0.6) is 0 Å². The summed E-state index contributed by atoms with van der Waals surface area (Å²) in [6.07, 6.45) is -1.11. The van der Waals surface area contributed by atoms with Crippen LogP contribution in [0.25, 0.3) is 0 Å². The molecule has 0 spiro atoms. The van der Waals surface area contributed by atoms with Crippen molar-refractivity contribution in [3.63, 3.8) is 0 Å². The number of benzene rings is 2. The second-order valence-electron chi connectivity index (χ2n) is 5.65. The summed E-state index contributed by atoms with van der Waals surface area (Å²) < 4.78 is 26.9. The molecule has 1 atom stereocenters. The lowest BCUT2D eigenvalue weighted by Crippen LogP contribution is -2.51. The van der Waals surface area contributed by atoms with E-state index in [-0.39, 0.29) is 4.90 Å². The minimum Gasteiger partial charge on any atom is -0.360 e. The smallest absolute Gasteiger partial charge is 0.262 e. The van der Waals surface area contributed by atoms with Crippen LogP contribution in [0.1, 0.15) is 11.1 Å². The third-order valence-electron chi connectivity index (χ3n) is 3.70. The SMILES string of the molecule is Cc1ccc2c(c1)NC(C(=O)Nc1ccc(C)c(Cl)c1)NS2(=O)=O. The second kappa shape index (κ2) is 6.08. The van der Waals surface area contributed by atoms with Crippen molar-refractivity contribution >= 4 is 38.9 Å². The summed E-state index contributed by atoms with van der Waals surface area (Å²) in [5.41, 5.74) is 2.67. The quantitative estimate of drug-likeness (QED) is 0.763. The average Bonchev–Trinajstić information content (AvgIpc) is 2.49. The van der Waals surface area contributed by atoms with E-state index in [2.05, 4.69) is 15.4 Å². The van der Waals surface area contributed by atoms with Crippen molar-refractivity contribution in [2.45, 2.75) is 24.9 Å². The highest BCUT2D eigenvalue weighted by Crippen LogP contribution is 2.27. The van der Waals surface area contributed by atoms with E-state index < -0.39 is 22.1 Å². The van der Waals surface area contributed by atoms with Crippen molar-refractivity contribution in [3.8, 4) is 0 Å². The van der Waals surface area contributed by atoms with Crippen LogP contribution in [0.3, 0.4) is 0 Å². The zero-order valence-corrected chi connectivity index (χ0v) is 14.6. The molecule has 0 aromatic heterocycles. The molecule has 1 aliphatic rings. The van der Waals surface area contributed by atoms with Crippen LogP contribution in [0, 0.1) is 13.8 Å². The minimum atomic E-state index is -3.76. The van der Waals surface area contributed by atoms with Gasteiger partial charge in [0.25, 0.3) is 5.91 Å². The maximum absolute atomic E-state index is 12.4. The van der Waals surface area contributed by atoms with Crippen molar-refractivity contribution in [3.05, 3.63) is 52.5 Å². The summed E-state index contributed by atoms with van der Waals surface area (Å²) in [5, 5.41) is 6.07. The maximum atomic E-state index is 12.4. The van der Waals surface area contributed by atoms with Gasteiger partial charge in [-0.15, -0.1) is 0 Å². The van der Waals surface area contributed by atoms with Gasteiger partial charge >= 0.3 is 0 Å². The fourth-order valence-corrected chi connectivity index (χ4v) is 3.84. The van der Waals surface area contributed by atoms with Crippen molar-refractivity contribution in [1.82, 2.24) is 4.72 Å². The predicted molar refractivity (Wildman–Crippen MR) is 93.7 cm³/mol. The topological polar surface area (TPSA) is 87.3 Å². The summed E-state index contributed by atoms with van der Waals surface area (Å²) in [6.45, 7) is 3.70. The second-order valence-corrected chi connectivity index (χ2v) is 7.74. The average molecular weight is 366 g/mol. The molecule has 2 aromatic rings. The van der Waals surface area contributed by atoms with Gasteiger partial charge in [-0.25, -0.2) is 8.42 Å². The van der Waals surface area contributed by atoms with Crippen LogP contribution >= 0.6 is 11.6 Å². The minimum absolute atomic E-state index is 0.121. The molecule has 2 aromatic carbocycles. The number of aryl methyl sites for hydroxylation is 2. The van der Waals surface area contributed by atoms with Crippen molar-refractivity contribution in [1.29, 1.82) is 0 Å². The Bertz CT molecular complexity index is 928. The van der Waals surface area contributed by atoms with Crippen LogP contribution in [-0.4, -0.2) is 20.5 Å². The van der Waals surface area contributed by atoms with E-state index in [1.165, 1.54) is 6.07 Å². The van der Waals surface area contributed by atoms with Crippen molar-refractivity contribution in [2.75, 3.05) is 10.6 Å². The zero-order chi connectivity index (χ0) is 17.5. The molecule has 0 fully saturated rings. The van der Waals surface area contributed by atoms with Gasteiger partial charge in [0.2, 0.25) is 10.0 Å². The van der Waals surface area contributed by atoms with Gasteiger partial charge in [0, 0.05) is 10.7 Å². The molecule has 1 heterocycles. The van der Waals surface area contributed by atoms with Crippen molar-refractivity contribution in [2.24, 2.45) is 0 Å². The van der Waals surface area contributed by atoms with Gasteiger partial charge < -0.3 is 10.6 Å². The summed E-state index contributed by atoms with van der Waals surface area (Å²) >= 11 is 6.03. The molecule has 1 aliphatic heterocycles. The fourth-order valence-electron chi connectivity index (χ4n) is 2.40. The van der Waals surface area contributed by atoms with Crippen LogP contribution in [0.2, 0.25) is 5.02 Å². The van der Waals surface area contributed by atoms with Gasteiger partial charge in [-0.2, -0.15) is 4.72 Å². The fraction of sp³-hybridized carbons (Fsp3) is 0.188. The Balaban J connectivity index is 1.85. The lowest BCUT2D eigenvalue weighted by molar-refractivity contribution is -0.117. The first-order chi connectivity index (χ1) is 11.3. The number of nitrogens with one attached hydrogen (secondary N) is 3. The first-order valence-electron chi connectivity index (χ1n) is 7.23. The van der Waals surface area contributed by atoms with E-state index in [0.29, 0.717) is 16.4 Å². The summed E-state index contributed by atoms with van der Waals surface area (Å²) in [7, 11) is -3.76. The maximum Gasteiger partial charge on any atom is 0.262 e. The molecule has 0 radical (unpaired) electrons. The number of hydrogen-bond acceptors (Lipinski definition) is 4. The van der Waals surface area contributed by atoms with E-state index in [0.717, 1.165) is 11.1 Å². The Kier molecular flexibility index (Phi) is 4.25. The Morgan fingerprint density at radius 1 is 1.17 bits per heavy atom. The number of rotatable bonds is 2. The zero-order valence-electron chi connectivity index (χ0n) is 13.1. The van der Waals surface area contributed by atoms with E-state index in [1.807, 2.05) is 13.8 Å². The summed E-state index contributed by atoms with van der Waals surface area (Å²) in [5.74, 6) is -0.523. The molecule has 24 heavy (non-hydrogen) atoms. The third kappa shape index (κ3) is 3.24. The van der Waals surface area contributed by atoms with Crippen LogP contribution in [0.4, 0.5) is 11.4 Å². The number of hydrogen-bond donors (Lipinski definition) is 3. The Labute approximate surface area is 145 Å². The van der Waals surface area contributed by atoms with E-state index >= 15 is 0 Å². The highest BCUT2D eigenvalue weighted by atomic mass is 35.5. The highest BCUT2D eigenvalue weighted by Gasteiger charge is 2.33. The molecule has 126 valence electrons. The molecule has 0 saturated heterocycles. The lowest BCUT2D eigenvalue weighted by atomic mass is 10.2. The number of halogens is 1. The Morgan fingerprint density at radius 2 is 1.92 bits per heavy atom. The molecule has 8 heteroatoms. The molecule has 0 bridgehead atoms. The van der Waals surface area contributed by atoms with E-state index in [9.17, 15) is 13.2 Å². The molecule has 3 N–H and O–H groups in total. The van der Waals surface area contributed by atoms with Crippen LogP contribution in [0.15, 0.2) is 41.3 Å². The number of amides is 1. The molecule has 6 nitrogen and oxygen atoms in total. The van der Waals surface area contributed by atoms with Gasteiger partial charge in [0.05, 0.1) is 5.69 Å². The number of carbonyl (C=O) groups is 1. The third-order valence-corrected chi connectivity index (χ3v) is 5.59. The molecule has 1 unspecified atom stereocenters. The standard InChI is InChI=1S/C16H16ClN3O3S/c1-9-3-6-14-13(7-9)19-15(20-24(14,22)23)16(21)18-11-5-4-10(2)12(17)8-11/h3-8,15,19-20H,1-2H3,(H,18,21). The van der Waals surface area contributed by atoms with Gasteiger partial charge in [0.1, 0.15) is 4.90 Å². The number of carbonyl (C=O) groups excluding carboxylic acids is 1. The predicted octanol–water partition coefficient (Wildman–Crippen LogP) is 2.63. The molecule has 1 amide bonds. The van der Waals surface area contributed by atoms with Gasteiger partial charge in [-0.3, -0.25) is 4.79 Å². The van der Waals surface area contributed by atoms with Crippen molar-refractivity contribution < 1.29 is 13.2 Å². The largest absolute Gasteiger partial charge is 0.360 e. The van der Waals surface area contributed by atoms with Gasteiger partial charge in [-0.1, -0.05) is 23.7 Å². The first kappa shape index (κ1) is 16.8. The number of fused-ring (bicyclic) bond motifs is 1. The van der Waals surface area contributed by atoms with E-state index in [1.54, 1.807) is 30.3 Å². The van der Waals surface area contributed by atoms with Crippen LogP contribution < -0.4 is 15.4 Å². The number of sulfonamides is 1. The normalized spacial score (nSPS) is 18.4. The lowest BCUT2D eigenvalue weighted by Gasteiger charge is -2.27. The highest BCUT2D eigenvalue weighted by molar-refractivity contribution is 7.89. The molecule has 0 aliphatic carbocycles. The molecule has 3 rings (SSSR count). The molecule has 0 saturated carbocycles. The van der Waals surface area contributed by atoms with Gasteiger partial charge in [0.15, 0.2) is 6.17 Å². The first-order valence-corrected chi connectivity index (χ1v) is 9.09. The monoisotopic (exact) mass is 365 g/mol. The van der Waals surface area contributed by atoms with Crippen LogP contribution in [-0.2, 0) is 14.8 Å². The Morgan fingerprint density at radius 3 is 2.62 bits per heavy atom. The summed E-state index contributed by atoms with van der Waals surface area (Å²) in [6, 6.07) is 9.99. The molecular formula is C16H16ClN3O3S.